The first-order valence-corrected chi connectivity index (χ1v) is 12.0. The van der Waals surface area contributed by atoms with E-state index in [1.165, 1.54) is 31.7 Å². The fourth-order valence-corrected chi connectivity index (χ4v) is 4.51. The highest BCUT2D eigenvalue weighted by Gasteiger charge is 2.23. The van der Waals surface area contributed by atoms with E-state index in [1.54, 1.807) is 19.2 Å². The average Bonchev–Trinajstić information content (AvgIpc) is 2.85. The highest BCUT2D eigenvalue weighted by Crippen LogP contribution is 2.32. The Kier molecular flexibility index (Phi) is 15.2. The molecule has 2 aliphatic rings. The molecular formula is C24H54N10O3. The molecule has 1 amide bonds. The van der Waals surface area contributed by atoms with Gasteiger partial charge in [0.2, 0.25) is 11.9 Å². The van der Waals surface area contributed by atoms with Crippen molar-refractivity contribution < 1.29 is 20.3 Å². The zero-order valence-corrected chi connectivity index (χ0v) is 22.2. The Balaban J connectivity index is -0.000000540. The van der Waals surface area contributed by atoms with E-state index in [0.717, 1.165) is 50.5 Å². The Hall–Kier alpha value is -3.10. The van der Waals surface area contributed by atoms with Gasteiger partial charge in [0.15, 0.2) is 0 Å². The number of methoxy groups -OCH3 is 1. The lowest BCUT2D eigenvalue weighted by molar-refractivity contribution is 0.0934. The number of phenols is 1. The van der Waals surface area contributed by atoms with Gasteiger partial charge in [-0.15, -0.1) is 0 Å². The molecule has 218 valence electrons. The number of carbonyl (C=O) groups is 1. The third-order valence-electron chi connectivity index (χ3n) is 6.34. The summed E-state index contributed by atoms with van der Waals surface area (Å²) in [5, 5.41) is 16.4. The van der Waals surface area contributed by atoms with Gasteiger partial charge >= 0.3 is 0 Å². The molecule has 15 N–H and O–H groups in total. The Labute approximate surface area is 225 Å². The van der Waals surface area contributed by atoms with Crippen LogP contribution in [0.3, 0.4) is 0 Å². The van der Waals surface area contributed by atoms with Crippen molar-refractivity contribution in [1.82, 2.24) is 44.9 Å². The normalized spacial score (nSPS) is 15.2. The summed E-state index contributed by atoms with van der Waals surface area (Å²) in [7, 11) is 1.57. The number of carbonyl (C=O) groups excluding carboxylic acids is 1. The lowest BCUT2D eigenvalue weighted by atomic mass is 9.89. The molecule has 0 radical (unpaired) electrons. The van der Waals surface area contributed by atoms with Crippen molar-refractivity contribution in [2.75, 3.05) is 43.6 Å². The zero-order valence-electron chi connectivity index (χ0n) is 22.2. The Bertz CT molecular complexity index is 933. The third-order valence-corrected chi connectivity index (χ3v) is 6.34. The molecule has 1 saturated heterocycles. The van der Waals surface area contributed by atoms with E-state index in [-0.39, 0.29) is 47.5 Å². The Morgan fingerprint density at radius 1 is 1.03 bits per heavy atom. The van der Waals surface area contributed by atoms with Gasteiger partial charge in [-0.1, -0.05) is 19.3 Å². The number of nitrogens with one attached hydrogen (secondary N) is 2. The maximum absolute atomic E-state index is 12.3. The third kappa shape index (κ3) is 9.05. The van der Waals surface area contributed by atoms with Gasteiger partial charge in [0.1, 0.15) is 11.6 Å². The van der Waals surface area contributed by atoms with Crippen molar-refractivity contribution in [2.45, 2.75) is 57.3 Å². The molecule has 13 heteroatoms. The van der Waals surface area contributed by atoms with Crippen molar-refractivity contribution in [3.63, 3.8) is 0 Å². The summed E-state index contributed by atoms with van der Waals surface area (Å²) in [4.78, 5) is 28.8. The van der Waals surface area contributed by atoms with E-state index >= 15 is 0 Å². The SMILES string of the molecule is COCCNC(=O)c1ccc(Nc2nc(C3CCCCC3)nc(N3CCCCC3)n2)cc1O.N.N.N.N.[HH].[HH].[HH].[HH]. The summed E-state index contributed by atoms with van der Waals surface area (Å²) in [6.07, 6.45) is 9.44. The van der Waals surface area contributed by atoms with E-state index in [9.17, 15) is 9.90 Å². The number of amides is 1. The van der Waals surface area contributed by atoms with Crippen LogP contribution in [0, 0.1) is 0 Å². The van der Waals surface area contributed by atoms with E-state index < -0.39 is 0 Å². The number of aromatic hydroxyl groups is 1. The maximum atomic E-state index is 12.3. The fraction of sp³-hybridized carbons (Fsp3) is 0.583. The number of anilines is 3. The summed E-state index contributed by atoms with van der Waals surface area (Å²) in [6, 6.07) is 4.86. The summed E-state index contributed by atoms with van der Waals surface area (Å²) >= 11 is 0. The highest BCUT2D eigenvalue weighted by atomic mass is 16.5. The smallest absolute Gasteiger partial charge is 0.255 e. The first-order valence-electron chi connectivity index (χ1n) is 12.0. The Morgan fingerprint density at radius 2 is 1.70 bits per heavy atom. The van der Waals surface area contributed by atoms with Crippen molar-refractivity contribution in [3.05, 3.63) is 29.6 Å². The van der Waals surface area contributed by atoms with Gasteiger partial charge < -0.3 is 50.0 Å². The van der Waals surface area contributed by atoms with Crippen LogP contribution in [0.5, 0.6) is 5.75 Å². The molecular weight excluding hydrogens is 476 g/mol. The van der Waals surface area contributed by atoms with Crippen molar-refractivity contribution in [1.29, 1.82) is 0 Å². The van der Waals surface area contributed by atoms with Crippen molar-refractivity contribution in [2.24, 2.45) is 0 Å². The number of ether oxygens (including phenoxy) is 1. The van der Waals surface area contributed by atoms with Crippen LogP contribution in [0.1, 0.15) is 79.2 Å². The minimum Gasteiger partial charge on any atom is -0.507 e. The summed E-state index contributed by atoms with van der Waals surface area (Å²) in [5.41, 5.74) is 0.829. The van der Waals surface area contributed by atoms with E-state index in [0.29, 0.717) is 30.7 Å². The van der Waals surface area contributed by atoms with E-state index in [1.807, 2.05) is 0 Å². The van der Waals surface area contributed by atoms with Gasteiger partial charge in [0.25, 0.3) is 5.91 Å². The summed E-state index contributed by atoms with van der Waals surface area (Å²) in [5.74, 6) is 1.97. The summed E-state index contributed by atoms with van der Waals surface area (Å²) < 4.78 is 4.94. The molecule has 0 unspecified atom stereocenters. The number of nitrogens with zero attached hydrogens (tertiary/aromatic N) is 4. The van der Waals surface area contributed by atoms with Gasteiger partial charge in [-0.05, 0) is 44.2 Å². The van der Waals surface area contributed by atoms with Gasteiger partial charge in [0.05, 0.1) is 12.2 Å². The molecule has 2 aromatic rings. The average molecular weight is 531 g/mol. The van der Waals surface area contributed by atoms with Crippen molar-refractivity contribution >= 4 is 23.5 Å². The van der Waals surface area contributed by atoms with Crippen LogP contribution in [-0.2, 0) is 4.74 Å². The van der Waals surface area contributed by atoms with Gasteiger partial charge in [-0.25, -0.2) is 0 Å². The number of phenolic OH excluding ortho intramolecular Hbond substituents is 1. The van der Waals surface area contributed by atoms with Crippen LogP contribution in [0.4, 0.5) is 17.6 Å². The molecule has 1 aliphatic carbocycles. The molecule has 1 aromatic heterocycles. The van der Waals surface area contributed by atoms with E-state index in [2.05, 4.69) is 15.5 Å². The highest BCUT2D eigenvalue weighted by molar-refractivity contribution is 5.97. The standard InChI is InChI=1S/C24H34N6O3.4H3N.4H2/c1-33-15-12-25-22(32)19-11-10-18(16-20(19)31)26-23-27-21(17-8-4-2-5-9-17)28-24(29-23)30-13-6-3-7-14-30;;;;;;;;/h10-11,16-17,31H,2-9,12-15H2,1H3,(H,25,32)(H,26,27,28,29);4*1H3;4*1H. The molecule has 37 heavy (non-hydrogen) atoms. The topological polar surface area (TPSA) is 252 Å². The van der Waals surface area contributed by atoms with Crippen LogP contribution >= 0.6 is 0 Å². The molecule has 4 rings (SSSR count). The summed E-state index contributed by atoms with van der Waals surface area (Å²) in [6.45, 7) is 2.71. The molecule has 1 aromatic carbocycles. The predicted molar refractivity (Wildman–Crippen MR) is 156 cm³/mol. The van der Waals surface area contributed by atoms with Crippen molar-refractivity contribution in [3.8, 4) is 5.75 Å². The fourth-order valence-electron chi connectivity index (χ4n) is 4.51. The van der Waals surface area contributed by atoms with Crippen LogP contribution in [0.15, 0.2) is 18.2 Å². The zero-order chi connectivity index (χ0) is 23.0. The van der Waals surface area contributed by atoms with Crippen LogP contribution in [0.2, 0.25) is 0 Å². The van der Waals surface area contributed by atoms with Gasteiger partial charge in [-0.2, -0.15) is 15.0 Å². The quantitative estimate of drug-likeness (QED) is 0.213. The number of hydrogen-bond donors (Lipinski definition) is 7. The monoisotopic (exact) mass is 530 g/mol. The van der Waals surface area contributed by atoms with Crippen LogP contribution in [0.25, 0.3) is 0 Å². The molecule has 13 nitrogen and oxygen atoms in total. The molecule has 1 aliphatic heterocycles. The first kappa shape index (κ1) is 33.9. The van der Waals surface area contributed by atoms with Crippen LogP contribution in [-0.4, -0.2) is 59.3 Å². The largest absolute Gasteiger partial charge is 0.507 e. The van der Waals surface area contributed by atoms with E-state index in [4.69, 9.17) is 19.7 Å². The molecule has 0 bridgehead atoms. The molecule has 2 fully saturated rings. The minimum atomic E-state index is -0.344. The molecule has 0 atom stereocenters. The lowest BCUT2D eigenvalue weighted by Gasteiger charge is -2.28. The predicted octanol–water partition coefficient (Wildman–Crippen LogP) is 5.37. The second-order valence-corrected chi connectivity index (χ2v) is 8.81. The first-order chi connectivity index (χ1) is 16.1. The second-order valence-electron chi connectivity index (χ2n) is 8.81. The minimum absolute atomic E-state index is 0. The maximum Gasteiger partial charge on any atom is 0.255 e. The Morgan fingerprint density at radius 3 is 2.35 bits per heavy atom. The number of rotatable bonds is 8. The number of hydrogen-bond acceptors (Lipinski definition) is 12. The number of piperidine rings is 1. The number of aromatic nitrogens is 3. The van der Waals surface area contributed by atoms with Gasteiger partial charge in [0, 0.05) is 50.1 Å². The second kappa shape index (κ2) is 16.6. The molecule has 1 saturated carbocycles. The molecule has 2 heterocycles. The van der Waals surface area contributed by atoms with Crippen LogP contribution < -0.4 is 40.1 Å². The van der Waals surface area contributed by atoms with Gasteiger partial charge in [-0.3, -0.25) is 4.79 Å². The number of benzene rings is 1. The molecule has 0 spiro atoms. The lowest BCUT2D eigenvalue weighted by Crippen LogP contribution is -2.31.